The van der Waals surface area contributed by atoms with Gasteiger partial charge in [-0.1, -0.05) is 234 Å². The topological polar surface area (TPSA) is 228 Å². The Morgan fingerprint density at radius 3 is 0.768 bits per heavy atom. The molecule has 3 N–H and O–H groups in total. The second-order valence-electron chi connectivity index (χ2n) is 29.0. The van der Waals surface area contributed by atoms with Gasteiger partial charge in [-0.2, -0.15) is 0 Å². The van der Waals surface area contributed by atoms with Crippen LogP contribution in [0.3, 0.4) is 0 Å². The van der Waals surface area contributed by atoms with Gasteiger partial charge in [-0.15, -0.1) is 0 Å². The van der Waals surface area contributed by atoms with Crippen molar-refractivity contribution >= 4 is 35.8 Å². The van der Waals surface area contributed by atoms with E-state index in [0.717, 1.165) is 180 Å². The molecule has 0 bridgehead atoms. The van der Waals surface area contributed by atoms with Crippen LogP contribution in [0, 0.1) is 17.8 Å². The van der Waals surface area contributed by atoms with Crippen LogP contribution in [0.4, 0.5) is 0 Å². The van der Waals surface area contributed by atoms with Crippen molar-refractivity contribution in [3.63, 3.8) is 0 Å². The predicted molar refractivity (Wildman–Crippen MR) is 399 cm³/mol. The Hall–Kier alpha value is -3.42. The SMILES string of the molecule is CCCCCCCCC(CCCCCC)C(=O)OCCCCCCOC(=O)C(O)CN1CCN(CCN(CC(O)C(=O)OCCCCCCOC(=O)C(CCCCCC)CCCCCCCC)CC(O)C(=O)OCCCCCCOC(=O)C(CCCCCC)CCCCCCCC)CC1. The summed E-state index contributed by atoms with van der Waals surface area (Å²) in [5, 5.41) is 33.1. The molecule has 582 valence electrons. The minimum atomic E-state index is -1.54. The van der Waals surface area contributed by atoms with E-state index in [0.29, 0.717) is 78.4 Å². The van der Waals surface area contributed by atoms with Crippen molar-refractivity contribution in [2.75, 3.05) is 98.5 Å². The quantitative estimate of drug-likeness (QED) is 0.0292. The van der Waals surface area contributed by atoms with Gasteiger partial charge in [0.05, 0.1) is 57.4 Å². The number of β-amino-alcohol motifs (C(OH)–C–C–N with tert-alkyl or cyclic N) is 1. The lowest BCUT2D eigenvalue weighted by Crippen LogP contribution is -2.52. The van der Waals surface area contributed by atoms with Crippen LogP contribution in [-0.4, -0.2) is 183 Å². The Morgan fingerprint density at radius 2 is 0.495 bits per heavy atom. The minimum absolute atomic E-state index is 0.0151. The first kappa shape index (κ1) is 93.6. The van der Waals surface area contributed by atoms with E-state index in [2.05, 4.69) is 46.4 Å². The summed E-state index contributed by atoms with van der Waals surface area (Å²) in [5.74, 6) is -2.53. The lowest BCUT2D eigenvalue weighted by molar-refractivity contribution is -0.157. The van der Waals surface area contributed by atoms with E-state index in [9.17, 15) is 44.1 Å². The Bertz CT molecular complexity index is 1830. The van der Waals surface area contributed by atoms with Crippen molar-refractivity contribution in [3.05, 3.63) is 0 Å². The number of aliphatic hydroxyl groups excluding tert-OH is 3. The maximum absolute atomic E-state index is 13.2. The average Bonchev–Trinajstić information content (AvgIpc) is 0.982. The molecule has 0 aromatic rings. The minimum Gasteiger partial charge on any atom is -0.465 e. The Kier molecular flexibility index (Phi) is 64.0. The lowest BCUT2D eigenvalue weighted by Gasteiger charge is -2.36. The van der Waals surface area contributed by atoms with Gasteiger partial charge in [-0.25, -0.2) is 14.4 Å². The van der Waals surface area contributed by atoms with E-state index in [1.807, 2.05) is 4.90 Å². The van der Waals surface area contributed by atoms with Crippen molar-refractivity contribution in [1.29, 1.82) is 0 Å². The normalized spacial score (nSPS) is 14.7. The van der Waals surface area contributed by atoms with Crippen molar-refractivity contribution in [3.8, 4) is 0 Å². The summed E-state index contributed by atoms with van der Waals surface area (Å²) in [6.07, 6.45) is 45.0. The largest absolute Gasteiger partial charge is 0.465 e. The van der Waals surface area contributed by atoms with Gasteiger partial charge in [0.15, 0.2) is 18.3 Å². The first-order valence-electron chi connectivity index (χ1n) is 41.5. The Morgan fingerprint density at radius 1 is 0.283 bits per heavy atom. The molecule has 18 heteroatoms. The molecule has 1 fully saturated rings. The van der Waals surface area contributed by atoms with E-state index in [4.69, 9.17) is 28.4 Å². The summed E-state index contributed by atoms with van der Waals surface area (Å²) < 4.78 is 33.8. The monoisotopic (exact) mass is 1410 g/mol. The molecular weight excluding hydrogens is 1250 g/mol. The smallest absolute Gasteiger partial charge is 0.336 e. The van der Waals surface area contributed by atoms with Gasteiger partial charge in [-0.3, -0.25) is 29.1 Å². The van der Waals surface area contributed by atoms with Crippen molar-refractivity contribution in [1.82, 2.24) is 14.7 Å². The van der Waals surface area contributed by atoms with Crippen molar-refractivity contribution in [2.45, 2.75) is 368 Å². The highest BCUT2D eigenvalue weighted by Gasteiger charge is 2.29. The van der Waals surface area contributed by atoms with Crippen LogP contribution in [0.2, 0.25) is 0 Å². The molecule has 0 saturated carbocycles. The standard InChI is InChI=1S/C81H153N3O15/c1-7-13-19-25-28-40-52-70(49-37-22-16-10-4)76(88)94-61-43-31-34-46-64-97-79(91)73(85)67-83-58-55-82(56-59-83)57-60-84(68-74(86)80(92)98-65-47-35-32-44-62-95-77(89)71(50-38-23-17-11-5)53-41-29-26-20-14-8-2)69-75(87)81(93)99-66-48-36-33-45-63-96-78(90)72(51-39-24-18-12-6)54-42-30-27-21-15-9-3/h70-75,85-87H,7-69H2,1-6H3. The van der Waals surface area contributed by atoms with E-state index < -0.39 is 36.2 Å². The molecule has 99 heavy (non-hydrogen) atoms. The summed E-state index contributed by atoms with van der Waals surface area (Å²) in [6.45, 7) is 17.8. The van der Waals surface area contributed by atoms with Gasteiger partial charge >= 0.3 is 35.8 Å². The molecule has 0 spiro atoms. The van der Waals surface area contributed by atoms with E-state index in [1.165, 1.54) is 109 Å². The second-order valence-corrected chi connectivity index (χ2v) is 29.0. The fourth-order valence-corrected chi connectivity index (χ4v) is 13.2. The highest BCUT2D eigenvalue weighted by molar-refractivity contribution is 5.76. The molecule has 1 saturated heterocycles. The first-order valence-corrected chi connectivity index (χ1v) is 41.5. The number of esters is 6. The van der Waals surface area contributed by atoms with Gasteiger partial charge in [-0.05, 0) is 116 Å². The number of aliphatic hydroxyl groups is 3. The molecule has 1 rings (SSSR count). The van der Waals surface area contributed by atoms with Crippen molar-refractivity contribution < 1.29 is 72.5 Å². The summed E-state index contributed by atoms with van der Waals surface area (Å²) in [5.41, 5.74) is 0. The van der Waals surface area contributed by atoms with Gasteiger partial charge in [0.1, 0.15) is 0 Å². The van der Waals surface area contributed by atoms with Crippen LogP contribution in [0.5, 0.6) is 0 Å². The molecule has 0 amide bonds. The van der Waals surface area contributed by atoms with Crippen LogP contribution in [-0.2, 0) is 57.2 Å². The summed E-state index contributed by atoms with van der Waals surface area (Å²) in [7, 11) is 0. The van der Waals surface area contributed by atoms with Gasteiger partial charge in [0.25, 0.3) is 0 Å². The fraction of sp³-hybridized carbons (Fsp3) is 0.926. The highest BCUT2D eigenvalue weighted by atomic mass is 16.6. The number of nitrogens with zero attached hydrogens (tertiary/aromatic N) is 3. The predicted octanol–water partition coefficient (Wildman–Crippen LogP) is 16.9. The number of carbonyl (C=O) groups is 6. The number of ether oxygens (including phenoxy) is 6. The third-order valence-electron chi connectivity index (χ3n) is 19.8. The maximum Gasteiger partial charge on any atom is 0.336 e. The van der Waals surface area contributed by atoms with Crippen molar-refractivity contribution in [2.24, 2.45) is 17.8 Å². The van der Waals surface area contributed by atoms with E-state index in [-0.39, 0.29) is 75.1 Å². The van der Waals surface area contributed by atoms with E-state index >= 15 is 0 Å². The average molecular weight is 1410 g/mol. The highest BCUT2D eigenvalue weighted by Crippen LogP contribution is 2.25. The number of rotatable bonds is 72. The number of hydrogen-bond donors (Lipinski definition) is 3. The second kappa shape index (κ2) is 67.7. The molecule has 18 nitrogen and oxygen atoms in total. The van der Waals surface area contributed by atoms with Crippen LogP contribution in [0.25, 0.3) is 0 Å². The fourth-order valence-electron chi connectivity index (χ4n) is 13.2. The third kappa shape index (κ3) is 54.0. The molecule has 0 radical (unpaired) electrons. The number of carbonyl (C=O) groups excluding carboxylic acids is 6. The van der Waals surface area contributed by atoms with Gasteiger partial charge < -0.3 is 43.7 Å². The zero-order chi connectivity index (χ0) is 72.5. The van der Waals surface area contributed by atoms with Crippen LogP contribution < -0.4 is 0 Å². The molecule has 0 aliphatic carbocycles. The zero-order valence-corrected chi connectivity index (χ0v) is 64.6. The zero-order valence-electron chi connectivity index (χ0n) is 64.6. The molecule has 1 aliphatic heterocycles. The molecule has 1 aliphatic rings. The molecular formula is C81H153N3O15. The maximum atomic E-state index is 13.2. The lowest BCUT2D eigenvalue weighted by atomic mass is 9.94. The number of hydrogen-bond acceptors (Lipinski definition) is 18. The summed E-state index contributed by atoms with van der Waals surface area (Å²) in [4.78, 5) is 84.4. The molecule has 6 unspecified atom stereocenters. The molecule has 0 aromatic carbocycles. The van der Waals surface area contributed by atoms with E-state index in [1.54, 1.807) is 4.90 Å². The summed E-state index contributed by atoms with van der Waals surface area (Å²) in [6, 6.07) is 0. The first-order chi connectivity index (χ1) is 48.2. The molecule has 6 atom stereocenters. The molecule has 0 aromatic heterocycles. The molecule has 1 heterocycles. The third-order valence-corrected chi connectivity index (χ3v) is 19.8. The van der Waals surface area contributed by atoms with Crippen LogP contribution in [0.1, 0.15) is 350 Å². The summed E-state index contributed by atoms with van der Waals surface area (Å²) >= 11 is 0. The Labute approximate surface area is 604 Å². The van der Waals surface area contributed by atoms with Crippen LogP contribution >= 0.6 is 0 Å². The Balaban J connectivity index is 2.71. The number of piperazine rings is 1. The number of unbranched alkanes of at least 4 members (excludes halogenated alkanes) is 33. The van der Waals surface area contributed by atoms with Gasteiger partial charge in [0, 0.05) is 58.9 Å². The van der Waals surface area contributed by atoms with Gasteiger partial charge in [0.2, 0.25) is 0 Å². The van der Waals surface area contributed by atoms with Crippen LogP contribution in [0.15, 0.2) is 0 Å².